The molecule has 27 heavy (non-hydrogen) atoms. The first kappa shape index (κ1) is 18.4. The van der Waals surface area contributed by atoms with Crippen LogP contribution in [0.15, 0.2) is 23.4 Å². The summed E-state index contributed by atoms with van der Waals surface area (Å²) in [6, 6.07) is 3.65. The van der Waals surface area contributed by atoms with Gasteiger partial charge >= 0.3 is 6.18 Å². The molecule has 1 saturated carbocycles. The van der Waals surface area contributed by atoms with E-state index in [1.54, 1.807) is 23.0 Å². The third kappa shape index (κ3) is 3.85. The van der Waals surface area contributed by atoms with Crippen LogP contribution in [-0.4, -0.2) is 31.3 Å². The summed E-state index contributed by atoms with van der Waals surface area (Å²) in [5, 5.41) is 4.71. The van der Waals surface area contributed by atoms with Crippen LogP contribution in [0, 0.1) is 0 Å². The SMILES string of the molecule is NCc1ccc(C(=O)CSc2nc(C(F)(F)F)nc3nn(C4CC4)cc23)s1. The molecule has 0 atom stereocenters. The number of halogens is 3. The van der Waals surface area contributed by atoms with Crippen molar-refractivity contribution in [2.45, 2.75) is 36.6 Å². The Labute approximate surface area is 160 Å². The fourth-order valence-electron chi connectivity index (χ4n) is 2.50. The number of rotatable bonds is 6. The maximum Gasteiger partial charge on any atom is 0.451 e. The van der Waals surface area contributed by atoms with Crippen LogP contribution in [0.25, 0.3) is 11.0 Å². The van der Waals surface area contributed by atoms with Crippen molar-refractivity contribution in [3.63, 3.8) is 0 Å². The highest BCUT2D eigenvalue weighted by atomic mass is 32.2. The van der Waals surface area contributed by atoms with Crippen LogP contribution in [0.1, 0.15) is 39.3 Å². The second-order valence-corrected chi connectivity index (χ2v) is 8.24. The number of ketones is 1. The molecule has 0 bridgehead atoms. The molecule has 4 rings (SSSR count). The lowest BCUT2D eigenvalue weighted by Crippen LogP contribution is -2.12. The number of aromatic nitrogens is 4. The summed E-state index contributed by atoms with van der Waals surface area (Å²) in [5.41, 5.74) is 5.54. The Hall–Kier alpha value is -1.98. The van der Waals surface area contributed by atoms with Crippen LogP contribution < -0.4 is 5.73 Å². The molecule has 142 valence electrons. The molecule has 1 aliphatic carbocycles. The lowest BCUT2D eigenvalue weighted by Gasteiger charge is -2.07. The molecular weight excluding hydrogens is 399 g/mol. The Balaban J connectivity index is 1.63. The fourth-order valence-corrected chi connectivity index (χ4v) is 4.29. The van der Waals surface area contributed by atoms with E-state index in [1.165, 1.54) is 11.3 Å². The van der Waals surface area contributed by atoms with Gasteiger partial charge in [-0.25, -0.2) is 9.97 Å². The summed E-state index contributed by atoms with van der Waals surface area (Å²) in [6.07, 6.45) is -1.13. The number of nitrogens with two attached hydrogens (primary N) is 1. The summed E-state index contributed by atoms with van der Waals surface area (Å²) in [6.45, 7) is 0.340. The van der Waals surface area contributed by atoms with Gasteiger partial charge in [0.15, 0.2) is 11.4 Å². The van der Waals surface area contributed by atoms with Gasteiger partial charge < -0.3 is 5.73 Å². The Morgan fingerprint density at radius 2 is 2.11 bits per heavy atom. The molecule has 0 amide bonds. The molecule has 0 aliphatic heterocycles. The number of nitrogens with zero attached hydrogens (tertiary/aromatic N) is 4. The van der Waals surface area contributed by atoms with Gasteiger partial charge in [0.25, 0.3) is 0 Å². The Morgan fingerprint density at radius 3 is 2.74 bits per heavy atom. The summed E-state index contributed by atoms with van der Waals surface area (Å²) >= 11 is 2.25. The molecule has 2 N–H and O–H groups in total. The van der Waals surface area contributed by atoms with Crippen LogP contribution in [0.2, 0.25) is 0 Å². The molecule has 1 aliphatic rings. The average molecular weight is 413 g/mol. The average Bonchev–Trinajstić information content (AvgIpc) is 3.20. The first-order valence-electron chi connectivity index (χ1n) is 8.14. The van der Waals surface area contributed by atoms with Crippen molar-refractivity contribution in [3.8, 4) is 0 Å². The minimum atomic E-state index is -4.68. The maximum atomic E-state index is 13.1. The molecule has 0 aromatic carbocycles. The molecule has 0 radical (unpaired) electrons. The Bertz CT molecular complexity index is 1010. The van der Waals surface area contributed by atoms with E-state index >= 15 is 0 Å². The third-order valence-corrected chi connectivity index (χ3v) is 6.15. The number of carbonyl (C=O) groups is 1. The molecule has 6 nitrogen and oxygen atoms in total. The molecular formula is C16H14F3N5OS2. The Morgan fingerprint density at radius 1 is 1.33 bits per heavy atom. The first-order valence-corrected chi connectivity index (χ1v) is 9.94. The van der Waals surface area contributed by atoms with E-state index in [2.05, 4.69) is 15.1 Å². The normalized spacial score (nSPS) is 14.8. The minimum absolute atomic E-state index is 0.000663. The Kier molecular flexibility index (Phi) is 4.68. The predicted octanol–water partition coefficient (Wildman–Crippen LogP) is 3.68. The van der Waals surface area contributed by atoms with E-state index in [-0.39, 0.29) is 28.3 Å². The molecule has 3 aromatic rings. The predicted molar refractivity (Wildman–Crippen MR) is 95.9 cm³/mol. The van der Waals surface area contributed by atoms with Gasteiger partial charge in [-0.15, -0.1) is 11.3 Å². The van der Waals surface area contributed by atoms with Gasteiger partial charge in [-0.2, -0.15) is 18.3 Å². The number of carbonyl (C=O) groups excluding carboxylic acids is 1. The van der Waals surface area contributed by atoms with Crippen LogP contribution >= 0.6 is 23.1 Å². The highest BCUT2D eigenvalue weighted by Crippen LogP contribution is 2.37. The summed E-state index contributed by atoms with van der Waals surface area (Å²) in [7, 11) is 0. The molecule has 0 saturated heterocycles. The van der Waals surface area contributed by atoms with Gasteiger partial charge in [0, 0.05) is 17.6 Å². The largest absolute Gasteiger partial charge is 0.451 e. The molecule has 11 heteroatoms. The maximum absolute atomic E-state index is 13.1. The zero-order chi connectivity index (χ0) is 19.2. The summed E-state index contributed by atoms with van der Waals surface area (Å²) in [4.78, 5) is 21.0. The van der Waals surface area contributed by atoms with Crippen molar-refractivity contribution < 1.29 is 18.0 Å². The van der Waals surface area contributed by atoms with E-state index in [0.717, 1.165) is 29.5 Å². The van der Waals surface area contributed by atoms with Gasteiger partial charge in [-0.3, -0.25) is 9.48 Å². The van der Waals surface area contributed by atoms with Crippen LogP contribution in [0.3, 0.4) is 0 Å². The lowest BCUT2D eigenvalue weighted by molar-refractivity contribution is -0.145. The third-order valence-electron chi connectivity index (χ3n) is 4.01. The topological polar surface area (TPSA) is 86.7 Å². The number of hydrogen-bond donors (Lipinski definition) is 1. The summed E-state index contributed by atoms with van der Waals surface area (Å²) in [5.74, 6) is -1.45. The zero-order valence-corrected chi connectivity index (χ0v) is 15.5. The number of alkyl halides is 3. The zero-order valence-electron chi connectivity index (χ0n) is 13.9. The molecule has 0 spiro atoms. The van der Waals surface area contributed by atoms with Crippen LogP contribution in [0.5, 0.6) is 0 Å². The number of Topliss-reactive ketones (excluding diaryl/α,β-unsaturated/α-hetero) is 1. The van der Waals surface area contributed by atoms with Crippen molar-refractivity contribution in [1.29, 1.82) is 0 Å². The highest BCUT2D eigenvalue weighted by Gasteiger charge is 2.36. The van der Waals surface area contributed by atoms with E-state index in [4.69, 9.17) is 5.73 Å². The van der Waals surface area contributed by atoms with Crippen LogP contribution in [0.4, 0.5) is 13.2 Å². The number of thioether (sulfide) groups is 1. The monoisotopic (exact) mass is 413 g/mol. The second-order valence-electron chi connectivity index (χ2n) is 6.11. The molecule has 3 aromatic heterocycles. The number of hydrogen-bond acceptors (Lipinski definition) is 7. The van der Waals surface area contributed by atoms with Crippen molar-refractivity contribution in [1.82, 2.24) is 19.7 Å². The molecule has 0 unspecified atom stereocenters. The lowest BCUT2D eigenvalue weighted by atomic mass is 10.3. The first-order chi connectivity index (χ1) is 12.8. The molecule has 1 fully saturated rings. The van der Waals surface area contributed by atoms with Gasteiger partial charge in [-0.05, 0) is 25.0 Å². The van der Waals surface area contributed by atoms with Crippen molar-refractivity contribution in [3.05, 3.63) is 33.9 Å². The van der Waals surface area contributed by atoms with Crippen molar-refractivity contribution in [2.24, 2.45) is 5.73 Å². The van der Waals surface area contributed by atoms with Gasteiger partial charge in [0.2, 0.25) is 5.82 Å². The van der Waals surface area contributed by atoms with Gasteiger partial charge in [-0.1, -0.05) is 11.8 Å². The highest BCUT2D eigenvalue weighted by molar-refractivity contribution is 8.00. The second kappa shape index (κ2) is 6.88. The van der Waals surface area contributed by atoms with E-state index in [9.17, 15) is 18.0 Å². The van der Waals surface area contributed by atoms with Crippen LogP contribution in [-0.2, 0) is 12.7 Å². The minimum Gasteiger partial charge on any atom is -0.326 e. The standard InChI is InChI=1S/C16H14F3N5OS2/c17-16(18,19)15-21-13-10(6-24(23-13)8-1-2-8)14(22-15)26-7-11(25)12-4-3-9(5-20)27-12/h3-4,6,8H,1-2,5,7,20H2. The number of thiophene rings is 1. The van der Waals surface area contributed by atoms with E-state index in [0.29, 0.717) is 16.8 Å². The van der Waals surface area contributed by atoms with Gasteiger partial charge in [0.05, 0.1) is 22.1 Å². The van der Waals surface area contributed by atoms with Gasteiger partial charge in [0.1, 0.15) is 5.03 Å². The smallest absolute Gasteiger partial charge is 0.326 e. The quantitative estimate of drug-likeness (QED) is 0.377. The summed E-state index contributed by atoms with van der Waals surface area (Å²) < 4.78 is 41.0. The fraction of sp³-hybridized carbons (Fsp3) is 0.375. The van der Waals surface area contributed by atoms with Crippen molar-refractivity contribution >= 4 is 39.9 Å². The van der Waals surface area contributed by atoms with E-state index < -0.39 is 12.0 Å². The molecule has 3 heterocycles. The van der Waals surface area contributed by atoms with E-state index in [1.807, 2.05) is 0 Å². The van der Waals surface area contributed by atoms with Crippen molar-refractivity contribution in [2.75, 3.05) is 5.75 Å². The number of fused-ring (bicyclic) bond motifs is 1.